The smallest absolute Gasteiger partial charge is 0.119 e. The van der Waals surface area contributed by atoms with Crippen LogP contribution in [0.2, 0.25) is 0 Å². The molecular weight excluding hydrogens is 238 g/mol. The average Bonchev–Trinajstić information content (AvgIpc) is 2.41. The number of benzene rings is 1. The van der Waals surface area contributed by atoms with E-state index in [9.17, 15) is 0 Å². The molecule has 4 nitrogen and oxygen atoms in total. The Morgan fingerprint density at radius 2 is 1.95 bits per heavy atom. The average molecular weight is 255 g/mol. The molecule has 0 saturated carbocycles. The summed E-state index contributed by atoms with van der Waals surface area (Å²) in [5.41, 5.74) is 7.39. The fourth-order valence-electron chi connectivity index (χ4n) is 1.74. The number of hydrogen-bond acceptors (Lipinski definition) is 3. The number of rotatable bonds is 6. The van der Waals surface area contributed by atoms with Crippen LogP contribution in [-0.2, 0) is 12.8 Å². The molecule has 0 spiro atoms. The van der Waals surface area contributed by atoms with Crippen molar-refractivity contribution in [2.75, 3.05) is 6.61 Å². The van der Waals surface area contributed by atoms with Gasteiger partial charge < -0.3 is 10.5 Å². The third-order valence-electron chi connectivity index (χ3n) is 2.67. The van der Waals surface area contributed by atoms with E-state index in [1.165, 1.54) is 0 Å². The lowest BCUT2D eigenvalue weighted by Crippen LogP contribution is -2.12. The number of nitrogens with two attached hydrogens (primary N) is 1. The van der Waals surface area contributed by atoms with E-state index in [4.69, 9.17) is 15.9 Å². The van der Waals surface area contributed by atoms with E-state index in [2.05, 4.69) is 4.98 Å². The van der Waals surface area contributed by atoms with Crippen LogP contribution >= 0.6 is 0 Å². The summed E-state index contributed by atoms with van der Waals surface area (Å²) < 4.78 is 5.64. The Balaban J connectivity index is 1.81. The molecule has 0 aliphatic carbocycles. The van der Waals surface area contributed by atoms with Gasteiger partial charge in [-0.15, -0.1) is 0 Å². The molecule has 98 valence electrons. The Morgan fingerprint density at radius 3 is 2.58 bits per heavy atom. The van der Waals surface area contributed by atoms with Gasteiger partial charge in [0.1, 0.15) is 5.75 Å². The molecule has 0 saturated heterocycles. The van der Waals surface area contributed by atoms with Gasteiger partial charge in [-0.1, -0.05) is 18.2 Å². The van der Waals surface area contributed by atoms with Gasteiger partial charge in [-0.25, -0.2) is 0 Å². The molecule has 0 radical (unpaired) electrons. The number of hydrogen-bond donors (Lipinski definition) is 2. The Labute approximate surface area is 112 Å². The highest BCUT2D eigenvalue weighted by atomic mass is 16.5. The maximum absolute atomic E-state index is 7.23. The lowest BCUT2D eigenvalue weighted by Gasteiger charge is -2.07. The van der Waals surface area contributed by atoms with Gasteiger partial charge >= 0.3 is 0 Å². The zero-order valence-corrected chi connectivity index (χ0v) is 10.7. The van der Waals surface area contributed by atoms with Crippen molar-refractivity contribution in [2.24, 2.45) is 5.73 Å². The van der Waals surface area contributed by atoms with Gasteiger partial charge in [-0.3, -0.25) is 10.4 Å². The predicted octanol–water partition coefficient (Wildman–Crippen LogP) is 2.18. The van der Waals surface area contributed by atoms with Crippen molar-refractivity contribution in [3.05, 3.63) is 59.9 Å². The van der Waals surface area contributed by atoms with Crippen LogP contribution in [-0.4, -0.2) is 17.4 Å². The molecule has 19 heavy (non-hydrogen) atoms. The van der Waals surface area contributed by atoms with Crippen LogP contribution in [0.1, 0.15) is 11.3 Å². The number of pyridine rings is 1. The molecule has 1 heterocycles. The number of nitrogens with one attached hydrogen (secondary N) is 1. The first-order valence-electron chi connectivity index (χ1n) is 6.18. The molecule has 1 aromatic heterocycles. The molecule has 3 N–H and O–H groups in total. The van der Waals surface area contributed by atoms with E-state index < -0.39 is 0 Å². The first kappa shape index (κ1) is 13.1. The van der Waals surface area contributed by atoms with E-state index in [1.807, 2.05) is 42.5 Å². The fourth-order valence-corrected chi connectivity index (χ4v) is 1.74. The molecular formula is C15H17N3O. The first-order chi connectivity index (χ1) is 9.24. The summed E-state index contributed by atoms with van der Waals surface area (Å²) in [4.78, 5) is 4.24. The maximum atomic E-state index is 7.23. The molecule has 2 rings (SSSR count). The van der Waals surface area contributed by atoms with Gasteiger partial charge in [0.05, 0.1) is 12.4 Å². The summed E-state index contributed by atoms with van der Waals surface area (Å²) in [6.45, 7) is 0.600. The van der Waals surface area contributed by atoms with Crippen LogP contribution in [0, 0.1) is 5.41 Å². The third-order valence-corrected chi connectivity index (χ3v) is 2.67. The molecule has 0 unspecified atom stereocenters. The molecule has 0 amide bonds. The molecule has 0 aliphatic heterocycles. The summed E-state index contributed by atoms with van der Waals surface area (Å²) in [7, 11) is 0. The van der Waals surface area contributed by atoms with Crippen LogP contribution < -0.4 is 10.5 Å². The third kappa shape index (κ3) is 4.43. The summed E-state index contributed by atoms with van der Waals surface area (Å²) in [5, 5.41) is 7.23. The second-order valence-corrected chi connectivity index (χ2v) is 4.27. The van der Waals surface area contributed by atoms with Gasteiger partial charge in [0.2, 0.25) is 0 Å². The standard InChI is InChI=1S/C15H17N3O/c16-15(17)11-12-4-6-14(7-5-12)19-10-8-13-3-1-2-9-18-13/h1-7,9H,8,10-11H2,(H3,16,17). The summed E-state index contributed by atoms with van der Waals surface area (Å²) in [5.74, 6) is 0.993. The summed E-state index contributed by atoms with van der Waals surface area (Å²) in [6, 6.07) is 13.5. The minimum Gasteiger partial charge on any atom is -0.493 e. The van der Waals surface area contributed by atoms with Gasteiger partial charge in [0.15, 0.2) is 0 Å². The Hall–Kier alpha value is -2.36. The Kier molecular flexibility index (Phi) is 4.50. The van der Waals surface area contributed by atoms with Crippen molar-refractivity contribution in [1.82, 2.24) is 4.98 Å². The minimum absolute atomic E-state index is 0.170. The van der Waals surface area contributed by atoms with Crippen LogP contribution in [0.4, 0.5) is 0 Å². The summed E-state index contributed by atoms with van der Waals surface area (Å²) in [6.07, 6.45) is 3.05. The van der Waals surface area contributed by atoms with Crippen molar-refractivity contribution < 1.29 is 4.74 Å². The first-order valence-corrected chi connectivity index (χ1v) is 6.18. The monoisotopic (exact) mass is 255 g/mol. The van der Waals surface area contributed by atoms with Crippen molar-refractivity contribution in [3.63, 3.8) is 0 Å². The minimum atomic E-state index is 0.170. The van der Waals surface area contributed by atoms with Crippen LogP contribution in [0.25, 0.3) is 0 Å². The number of amidine groups is 1. The van der Waals surface area contributed by atoms with Crippen LogP contribution in [0.15, 0.2) is 48.7 Å². The van der Waals surface area contributed by atoms with Crippen LogP contribution in [0.3, 0.4) is 0 Å². The van der Waals surface area contributed by atoms with Gasteiger partial charge in [-0.05, 0) is 29.8 Å². The topological polar surface area (TPSA) is 72.0 Å². The Bertz CT molecular complexity index is 523. The molecule has 2 aromatic rings. The SMILES string of the molecule is N=C(N)Cc1ccc(OCCc2ccccn2)cc1. The number of aromatic nitrogens is 1. The lowest BCUT2D eigenvalue weighted by molar-refractivity contribution is 0.320. The van der Waals surface area contributed by atoms with E-state index >= 15 is 0 Å². The Morgan fingerprint density at radius 1 is 1.16 bits per heavy atom. The van der Waals surface area contributed by atoms with Gasteiger partial charge in [0.25, 0.3) is 0 Å². The van der Waals surface area contributed by atoms with Crippen molar-refractivity contribution in [3.8, 4) is 5.75 Å². The molecule has 0 aliphatic rings. The zero-order chi connectivity index (χ0) is 13.5. The normalized spacial score (nSPS) is 10.1. The van der Waals surface area contributed by atoms with Gasteiger partial charge in [0, 0.05) is 24.7 Å². The van der Waals surface area contributed by atoms with E-state index in [0.29, 0.717) is 13.0 Å². The van der Waals surface area contributed by atoms with E-state index in [0.717, 1.165) is 23.4 Å². The second kappa shape index (κ2) is 6.54. The largest absolute Gasteiger partial charge is 0.493 e. The van der Waals surface area contributed by atoms with E-state index in [-0.39, 0.29) is 5.84 Å². The zero-order valence-electron chi connectivity index (χ0n) is 10.7. The van der Waals surface area contributed by atoms with E-state index in [1.54, 1.807) is 6.20 Å². The molecule has 1 aromatic carbocycles. The second-order valence-electron chi connectivity index (χ2n) is 4.27. The highest BCUT2D eigenvalue weighted by molar-refractivity contribution is 5.79. The van der Waals surface area contributed by atoms with Crippen LogP contribution in [0.5, 0.6) is 5.75 Å². The number of nitrogens with zero attached hydrogens (tertiary/aromatic N) is 1. The lowest BCUT2D eigenvalue weighted by atomic mass is 10.1. The number of ether oxygens (including phenoxy) is 1. The molecule has 0 atom stereocenters. The molecule has 0 fully saturated rings. The quantitative estimate of drug-likeness (QED) is 0.614. The van der Waals surface area contributed by atoms with Crippen molar-refractivity contribution in [1.29, 1.82) is 5.41 Å². The predicted molar refractivity (Wildman–Crippen MR) is 75.5 cm³/mol. The highest BCUT2D eigenvalue weighted by Crippen LogP contribution is 2.12. The van der Waals surface area contributed by atoms with Gasteiger partial charge in [-0.2, -0.15) is 0 Å². The summed E-state index contributed by atoms with van der Waals surface area (Å²) >= 11 is 0. The maximum Gasteiger partial charge on any atom is 0.119 e. The van der Waals surface area contributed by atoms with Crippen molar-refractivity contribution >= 4 is 5.84 Å². The molecule has 0 bridgehead atoms. The fraction of sp³-hybridized carbons (Fsp3) is 0.200. The highest BCUT2D eigenvalue weighted by Gasteiger charge is 1.98. The molecule has 4 heteroatoms. The van der Waals surface area contributed by atoms with Crippen molar-refractivity contribution in [2.45, 2.75) is 12.8 Å².